The first-order valence-corrected chi connectivity index (χ1v) is 7.92. The van der Waals surface area contributed by atoms with Crippen molar-refractivity contribution < 1.29 is 18.0 Å². The van der Waals surface area contributed by atoms with E-state index in [1.807, 2.05) is 36.4 Å². The SMILES string of the molecule is O=C1C[C@@H](c2ccc(C(F)(F)F)cc2)c2ccc3ccccc3c2N1. The first kappa shape index (κ1) is 15.7. The first-order chi connectivity index (χ1) is 11.9. The average molecular weight is 341 g/mol. The number of carbonyl (C=O) groups is 1. The smallest absolute Gasteiger partial charge is 0.325 e. The van der Waals surface area contributed by atoms with Crippen LogP contribution in [0.15, 0.2) is 60.7 Å². The van der Waals surface area contributed by atoms with Gasteiger partial charge in [0.05, 0.1) is 11.3 Å². The Morgan fingerprint density at radius 3 is 2.36 bits per heavy atom. The molecule has 1 amide bonds. The van der Waals surface area contributed by atoms with Crippen LogP contribution >= 0.6 is 0 Å². The van der Waals surface area contributed by atoms with E-state index in [0.717, 1.165) is 34.2 Å². The Morgan fingerprint density at radius 1 is 0.920 bits per heavy atom. The minimum atomic E-state index is -4.36. The van der Waals surface area contributed by atoms with E-state index in [1.165, 1.54) is 12.1 Å². The molecule has 0 aromatic heterocycles. The van der Waals surface area contributed by atoms with E-state index >= 15 is 0 Å². The van der Waals surface area contributed by atoms with Crippen LogP contribution in [0.2, 0.25) is 0 Å². The molecular weight excluding hydrogens is 327 g/mol. The van der Waals surface area contributed by atoms with Crippen LogP contribution in [0.4, 0.5) is 18.9 Å². The molecule has 126 valence electrons. The minimum absolute atomic E-state index is 0.131. The zero-order chi connectivity index (χ0) is 17.6. The molecule has 4 rings (SSSR count). The van der Waals surface area contributed by atoms with E-state index in [4.69, 9.17) is 0 Å². The first-order valence-electron chi connectivity index (χ1n) is 7.92. The highest BCUT2D eigenvalue weighted by molar-refractivity contribution is 6.06. The largest absolute Gasteiger partial charge is 0.416 e. The summed E-state index contributed by atoms with van der Waals surface area (Å²) in [6.45, 7) is 0. The highest BCUT2D eigenvalue weighted by Crippen LogP contribution is 2.41. The second kappa shape index (κ2) is 5.62. The maximum Gasteiger partial charge on any atom is 0.416 e. The maximum atomic E-state index is 12.8. The molecule has 0 spiro atoms. The summed E-state index contributed by atoms with van der Waals surface area (Å²) >= 11 is 0. The summed E-state index contributed by atoms with van der Waals surface area (Å²) in [7, 11) is 0. The van der Waals surface area contributed by atoms with Gasteiger partial charge in [0.2, 0.25) is 5.91 Å². The Bertz CT molecular complexity index is 961. The van der Waals surface area contributed by atoms with E-state index < -0.39 is 11.7 Å². The van der Waals surface area contributed by atoms with Crippen LogP contribution in [0, 0.1) is 0 Å². The number of nitrogens with one attached hydrogen (secondary N) is 1. The highest BCUT2D eigenvalue weighted by Gasteiger charge is 2.32. The Morgan fingerprint density at radius 2 is 1.64 bits per heavy atom. The molecule has 1 heterocycles. The van der Waals surface area contributed by atoms with Gasteiger partial charge in [-0.3, -0.25) is 4.79 Å². The summed E-state index contributed by atoms with van der Waals surface area (Å²) in [5.41, 5.74) is 1.70. The topological polar surface area (TPSA) is 29.1 Å². The van der Waals surface area contributed by atoms with Crippen LogP contribution in [-0.2, 0) is 11.0 Å². The van der Waals surface area contributed by atoms with E-state index in [0.29, 0.717) is 5.56 Å². The summed E-state index contributed by atoms with van der Waals surface area (Å²) in [6.07, 6.45) is -4.15. The third kappa shape index (κ3) is 2.76. The number of amides is 1. The zero-order valence-corrected chi connectivity index (χ0v) is 13.1. The second-order valence-corrected chi connectivity index (χ2v) is 6.18. The zero-order valence-electron chi connectivity index (χ0n) is 13.1. The number of hydrogen-bond donors (Lipinski definition) is 1. The van der Waals surface area contributed by atoms with Gasteiger partial charge in [0, 0.05) is 17.7 Å². The van der Waals surface area contributed by atoms with Gasteiger partial charge in [0.25, 0.3) is 0 Å². The van der Waals surface area contributed by atoms with E-state index in [9.17, 15) is 18.0 Å². The average Bonchev–Trinajstić information content (AvgIpc) is 2.60. The fraction of sp³-hybridized carbons (Fsp3) is 0.150. The molecule has 0 saturated heterocycles. The lowest BCUT2D eigenvalue weighted by molar-refractivity contribution is -0.137. The molecule has 0 saturated carbocycles. The molecule has 0 radical (unpaired) electrons. The number of hydrogen-bond acceptors (Lipinski definition) is 1. The van der Waals surface area contributed by atoms with Gasteiger partial charge in [-0.05, 0) is 28.6 Å². The van der Waals surface area contributed by atoms with Crippen molar-refractivity contribution in [2.75, 3.05) is 5.32 Å². The number of fused-ring (bicyclic) bond motifs is 3. The molecule has 3 aromatic carbocycles. The molecule has 0 aliphatic carbocycles. The standard InChI is InChI=1S/C20H14F3NO/c21-20(22,23)14-8-5-13(6-9-14)17-11-18(25)24-19-15-4-2-1-3-12(15)7-10-16(17)19/h1-10,17H,11H2,(H,24,25)/t17-/m0/s1. The predicted molar refractivity (Wildman–Crippen MR) is 90.5 cm³/mol. The number of alkyl halides is 3. The highest BCUT2D eigenvalue weighted by atomic mass is 19.4. The molecule has 0 fully saturated rings. The Labute approximate surface area is 142 Å². The second-order valence-electron chi connectivity index (χ2n) is 6.18. The maximum absolute atomic E-state index is 12.8. The van der Waals surface area contributed by atoms with Gasteiger partial charge >= 0.3 is 6.18 Å². The van der Waals surface area contributed by atoms with Crippen molar-refractivity contribution in [1.82, 2.24) is 0 Å². The quantitative estimate of drug-likeness (QED) is 0.636. The van der Waals surface area contributed by atoms with Crippen molar-refractivity contribution >= 4 is 22.4 Å². The number of rotatable bonds is 1. The monoisotopic (exact) mass is 341 g/mol. The van der Waals surface area contributed by atoms with Crippen molar-refractivity contribution in [1.29, 1.82) is 0 Å². The van der Waals surface area contributed by atoms with Gasteiger partial charge in [-0.15, -0.1) is 0 Å². The van der Waals surface area contributed by atoms with Crippen molar-refractivity contribution in [3.63, 3.8) is 0 Å². The van der Waals surface area contributed by atoms with Crippen molar-refractivity contribution in [2.45, 2.75) is 18.5 Å². The van der Waals surface area contributed by atoms with Gasteiger partial charge in [-0.1, -0.05) is 48.5 Å². The summed E-state index contributed by atoms with van der Waals surface area (Å²) in [5, 5.41) is 4.86. The predicted octanol–water partition coefficient (Wildman–Crippen LogP) is 5.33. The van der Waals surface area contributed by atoms with E-state index in [-0.39, 0.29) is 18.2 Å². The molecule has 1 aliphatic rings. The van der Waals surface area contributed by atoms with Gasteiger partial charge in [0.15, 0.2) is 0 Å². The number of anilines is 1. The molecule has 25 heavy (non-hydrogen) atoms. The Kier molecular flexibility index (Phi) is 3.53. The van der Waals surface area contributed by atoms with Crippen LogP contribution in [-0.4, -0.2) is 5.91 Å². The molecule has 0 bridgehead atoms. The van der Waals surface area contributed by atoms with Crippen LogP contribution in [0.1, 0.15) is 29.0 Å². The minimum Gasteiger partial charge on any atom is -0.325 e. The molecule has 5 heteroatoms. The van der Waals surface area contributed by atoms with Gasteiger partial charge in [-0.25, -0.2) is 0 Å². The third-order valence-corrected chi connectivity index (χ3v) is 4.63. The molecule has 2 nitrogen and oxygen atoms in total. The Balaban J connectivity index is 1.82. The molecule has 1 aliphatic heterocycles. The van der Waals surface area contributed by atoms with Crippen LogP contribution in [0.5, 0.6) is 0 Å². The van der Waals surface area contributed by atoms with Crippen LogP contribution < -0.4 is 5.32 Å². The molecule has 1 N–H and O–H groups in total. The van der Waals surface area contributed by atoms with Crippen LogP contribution in [0.25, 0.3) is 10.8 Å². The lowest BCUT2D eigenvalue weighted by Gasteiger charge is -2.27. The van der Waals surface area contributed by atoms with E-state index in [2.05, 4.69) is 5.32 Å². The van der Waals surface area contributed by atoms with Gasteiger partial charge in [0.1, 0.15) is 0 Å². The molecule has 3 aromatic rings. The van der Waals surface area contributed by atoms with Crippen LogP contribution in [0.3, 0.4) is 0 Å². The van der Waals surface area contributed by atoms with Crippen molar-refractivity contribution in [3.8, 4) is 0 Å². The molecule has 1 atom stereocenters. The third-order valence-electron chi connectivity index (χ3n) is 4.63. The summed E-state index contributed by atoms with van der Waals surface area (Å²) in [6, 6.07) is 16.7. The number of benzene rings is 3. The normalized spacial score (nSPS) is 17.2. The van der Waals surface area contributed by atoms with Gasteiger partial charge < -0.3 is 5.32 Å². The van der Waals surface area contributed by atoms with E-state index in [1.54, 1.807) is 0 Å². The lowest BCUT2D eigenvalue weighted by Crippen LogP contribution is -2.23. The van der Waals surface area contributed by atoms with Crippen molar-refractivity contribution in [2.24, 2.45) is 0 Å². The van der Waals surface area contributed by atoms with Gasteiger partial charge in [-0.2, -0.15) is 13.2 Å². The Hall–Kier alpha value is -2.82. The molecule has 0 unspecified atom stereocenters. The summed E-state index contributed by atoms with van der Waals surface area (Å²) in [4.78, 5) is 12.2. The number of carbonyl (C=O) groups excluding carboxylic acids is 1. The fourth-order valence-electron chi connectivity index (χ4n) is 3.41. The lowest BCUT2D eigenvalue weighted by atomic mass is 9.83. The summed E-state index contributed by atoms with van der Waals surface area (Å²) in [5.74, 6) is -0.385. The number of halogens is 3. The van der Waals surface area contributed by atoms with Crippen molar-refractivity contribution in [3.05, 3.63) is 77.4 Å². The fourth-order valence-corrected chi connectivity index (χ4v) is 3.41. The molecular formula is C20H14F3NO. The summed E-state index contributed by atoms with van der Waals surface area (Å²) < 4.78 is 38.3.